The van der Waals surface area contributed by atoms with Gasteiger partial charge >= 0.3 is 6.18 Å². The standard InChI is InChI=1S/C20H17F3N4O/c1-13-5-2-3-6-14(13)12-24-18-10-9-17(26-27-18)19(28)25-16-8-4-7-15(11-16)20(21,22)23/h2-11H,12H2,1H3,(H,24,27)(H,25,28). The first-order valence-electron chi connectivity index (χ1n) is 8.43. The number of halogens is 3. The van der Waals surface area contributed by atoms with Crippen LogP contribution in [0.15, 0.2) is 60.7 Å². The Bertz CT molecular complexity index is 972. The largest absolute Gasteiger partial charge is 0.416 e. The fourth-order valence-electron chi connectivity index (χ4n) is 2.51. The van der Waals surface area contributed by atoms with Crippen molar-refractivity contribution in [1.29, 1.82) is 0 Å². The Morgan fingerprint density at radius 3 is 2.46 bits per heavy atom. The number of rotatable bonds is 5. The number of aryl methyl sites for hydroxylation is 1. The molecular weight excluding hydrogens is 369 g/mol. The Balaban J connectivity index is 1.63. The molecule has 0 aliphatic rings. The van der Waals surface area contributed by atoms with Crippen molar-refractivity contribution >= 4 is 17.4 Å². The summed E-state index contributed by atoms with van der Waals surface area (Å²) in [6.07, 6.45) is -4.48. The van der Waals surface area contributed by atoms with Crippen LogP contribution in [0.4, 0.5) is 24.7 Å². The van der Waals surface area contributed by atoms with Gasteiger partial charge in [-0.2, -0.15) is 13.2 Å². The van der Waals surface area contributed by atoms with Gasteiger partial charge in [0.05, 0.1) is 5.56 Å². The summed E-state index contributed by atoms with van der Waals surface area (Å²) in [4.78, 5) is 12.2. The average Bonchev–Trinajstić information content (AvgIpc) is 2.67. The highest BCUT2D eigenvalue weighted by Crippen LogP contribution is 2.30. The molecule has 0 unspecified atom stereocenters. The van der Waals surface area contributed by atoms with E-state index in [9.17, 15) is 18.0 Å². The number of carbonyl (C=O) groups excluding carboxylic acids is 1. The molecular formula is C20H17F3N4O. The summed E-state index contributed by atoms with van der Waals surface area (Å²) in [5.74, 6) is -0.156. The number of carbonyl (C=O) groups is 1. The summed E-state index contributed by atoms with van der Waals surface area (Å²) in [6.45, 7) is 2.56. The second-order valence-electron chi connectivity index (χ2n) is 6.12. The van der Waals surface area contributed by atoms with E-state index in [0.717, 1.165) is 23.3 Å². The van der Waals surface area contributed by atoms with Crippen LogP contribution in [0.1, 0.15) is 27.2 Å². The fourth-order valence-corrected chi connectivity index (χ4v) is 2.51. The van der Waals surface area contributed by atoms with Crippen molar-refractivity contribution in [2.24, 2.45) is 0 Å². The average molecular weight is 386 g/mol. The quantitative estimate of drug-likeness (QED) is 0.669. The van der Waals surface area contributed by atoms with E-state index in [1.807, 2.05) is 31.2 Å². The molecule has 0 aliphatic carbocycles. The first-order valence-corrected chi connectivity index (χ1v) is 8.43. The molecule has 0 bridgehead atoms. The number of hydrogen-bond donors (Lipinski definition) is 2. The van der Waals surface area contributed by atoms with Crippen LogP contribution in [0.3, 0.4) is 0 Å². The van der Waals surface area contributed by atoms with E-state index < -0.39 is 17.6 Å². The van der Waals surface area contributed by atoms with Crippen LogP contribution in [0, 0.1) is 6.92 Å². The van der Waals surface area contributed by atoms with Crippen LogP contribution in [-0.4, -0.2) is 16.1 Å². The molecule has 5 nitrogen and oxygen atoms in total. The first kappa shape index (κ1) is 19.3. The van der Waals surface area contributed by atoms with Gasteiger partial charge in [-0.3, -0.25) is 4.79 Å². The van der Waals surface area contributed by atoms with E-state index in [1.54, 1.807) is 6.07 Å². The third-order valence-corrected chi connectivity index (χ3v) is 4.07. The summed E-state index contributed by atoms with van der Waals surface area (Å²) >= 11 is 0. The number of hydrogen-bond acceptors (Lipinski definition) is 4. The van der Waals surface area contributed by atoms with Crippen LogP contribution in [0.2, 0.25) is 0 Å². The zero-order valence-electron chi connectivity index (χ0n) is 14.9. The maximum atomic E-state index is 12.8. The SMILES string of the molecule is Cc1ccccc1CNc1ccc(C(=O)Nc2cccc(C(F)(F)F)c2)nn1. The topological polar surface area (TPSA) is 66.9 Å². The second kappa shape index (κ2) is 8.08. The van der Waals surface area contributed by atoms with Crippen molar-refractivity contribution < 1.29 is 18.0 Å². The fraction of sp³-hybridized carbons (Fsp3) is 0.150. The molecule has 0 spiro atoms. The number of amides is 1. The smallest absolute Gasteiger partial charge is 0.364 e. The number of aromatic nitrogens is 2. The monoisotopic (exact) mass is 386 g/mol. The molecule has 1 amide bonds. The van der Waals surface area contributed by atoms with Crippen molar-refractivity contribution in [1.82, 2.24) is 10.2 Å². The lowest BCUT2D eigenvalue weighted by molar-refractivity contribution is -0.137. The minimum atomic E-state index is -4.48. The third-order valence-electron chi connectivity index (χ3n) is 4.07. The molecule has 3 aromatic rings. The van der Waals surface area contributed by atoms with Gasteiger partial charge in [0.25, 0.3) is 5.91 Å². The van der Waals surface area contributed by atoms with E-state index in [1.165, 1.54) is 18.2 Å². The molecule has 0 fully saturated rings. The van der Waals surface area contributed by atoms with Gasteiger partial charge in [0, 0.05) is 12.2 Å². The number of anilines is 2. The Kier molecular flexibility index (Phi) is 5.58. The van der Waals surface area contributed by atoms with Gasteiger partial charge in [0.15, 0.2) is 5.69 Å². The second-order valence-corrected chi connectivity index (χ2v) is 6.12. The van der Waals surface area contributed by atoms with Crippen molar-refractivity contribution in [2.45, 2.75) is 19.6 Å². The van der Waals surface area contributed by atoms with Gasteiger partial charge < -0.3 is 10.6 Å². The molecule has 2 N–H and O–H groups in total. The predicted octanol–water partition coefficient (Wildman–Crippen LogP) is 4.67. The number of nitrogens with one attached hydrogen (secondary N) is 2. The highest BCUT2D eigenvalue weighted by Gasteiger charge is 2.30. The predicted molar refractivity (Wildman–Crippen MR) is 99.9 cm³/mol. The molecule has 1 heterocycles. The highest BCUT2D eigenvalue weighted by atomic mass is 19.4. The van der Waals surface area contributed by atoms with Gasteiger partial charge in [-0.05, 0) is 48.4 Å². The summed E-state index contributed by atoms with van der Waals surface area (Å²) in [5.41, 5.74) is 1.44. The van der Waals surface area contributed by atoms with Crippen LogP contribution in [0.5, 0.6) is 0 Å². The van der Waals surface area contributed by atoms with Gasteiger partial charge in [0.1, 0.15) is 5.82 Å². The molecule has 144 valence electrons. The van der Waals surface area contributed by atoms with Crippen molar-refractivity contribution in [3.8, 4) is 0 Å². The summed E-state index contributed by atoms with van der Waals surface area (Å²) in [6, 6.07) is 15.3. The van der Waals surface area contributed by atoms with Crippen LogP contribution in [0.25, 0.3) is 0 Å². The third kappa shape index (κ3) is 4.85. The number of alkyl halides is 3. The molecule has 3 rings (SSSR count). The molecule has 8 heteroatoms. The lowest BCUT2D eigenvalue weighted by Gasteiger charge is -2.10. The lowest BCUT2D eigenvalue weighted by Crippen LogP contribution is -2.15. The molecule has 0 saturated carbocycles. The molecule has 0 atom stereocenters. The van der Waals surface area contributed by atoms with Crippen molar-refractivity contribution in [2.75, 3.05) is 10.6 Å². The Morgan fingerprint density at radius 1 is 1.00 bits per heavy atom. The highest BCUT2D eigenvalue weighted by molar-refractivity contribution is 6.02. The van der Waals surface area contributed by atoms with Gasteiger partial charge in [-0.1, -0.05) is 30.3 Å². The van der Waals surface area contributed by atoms with E-state index in [2.05, 4.69) is 20.8 Å². The van der Waals surface area contributed by atoms with Crippen LogP contribution < -0.4 is 10.6 Å². The van der Waals surface area contributed by atoms with E-state index >= 15 is 0 Å². The Hall–Kier alpha value is -3.42. The van der Waals surface area contributed by atoms with Crippen molar-refractivity contribution in [3.63, 3.8) is 0 Å². The molecule has 0 saturated heterocycles. The van der Waals surface area contributed by atoms with Gasteiger partial charge in [0.2, 0.25) is 0 Å². The van der Waals surface area contributed by atoms with E-state index in [-0.39, 0.29) is 11.4 Å². The summed E-state index contributed by atoms with van der Waals surface area (Å²) < 4.78 is 38.3. The maximum Gasteiger partial charge on any atom is 0.416 e. The molecule has 28 heavy (non-hydrogen) atoms. The first-order chi connectivity index (χ1) is 13.3. The summed E-state index contributed by atoms with van der Waals surface area (Å²) in [7, 11) is 0. The molecule has 1 aromatic heterocycles. The normalized spacial score (nSPS) is 11.1. The van der Waals surface area contributed by atoms with Crippen LogP contribution in [-0.2, 0) is 12.7 Å². The maximum absolute atomic E-state index is 12.8. The van der Waals surface area contributed by atoms with Crippen molar-refractivity contribution in [3.05, 3.63) is 83.0 Å². The number of benzene rings is 2. The van der Waals surface area contributed by atoms with Gasteiger partial charge in [-0.15, -0.1) is 10.2 Å². The lowest BCUT2D eigenvalue weighted by atomic mass is 10.1. The Labute approximate surface area is 159 Å². The zero-order chi connectivity index (χ0) is 20.1. The summed E-state index contributed by atoms with van der Waals surface area (Å²) in [5, 5.41) is 13.3. The zero-order valence-corrected chi connectivity index (χ0v) is 14.9. The number of nitrogens with zero attached hydrogens (tertiary/aromatic N) is 2. The van der Waals surface area contributed by atoms with Crippen LogP contribution >= 0.6 is 0 Å². The molecule has 2 aromatic carbocycles. The van der Waals surface area contributed by atoms with E-state index in [4.69, 9.17) is 0 Å². The minimum Gasteiger partial charge on any atom is -0.364 e. The van der Waals surface area contributed by atoms with Gasteiger partial charge in [-0.25, -0.2) is 0 Å². The minimum absolute atomic E-state index is 0.00106. The molecule has 0 aliphatic heterocycles. The van der Waals surface area contributed by atoms with E-state index in [0.29, 0.717) is 12.4 Å². The molecule has 0 radical (unpaired) electrons. The Morgan fingerprint density at radius 2 is 1.79 bits per heavy atom.